The highest BCUT2D eigenvalue weighted by Crippen LogP contribution is 2.21. The van der Waals surface area contributed by atoms with Gasteiger partial charge in [0.05, 0.1) is 12.0 Å². The topological polar surface area (TPSA) is 83.8 Å². The monoisotopic (exact) mass is 905 g/mol. The molecule has 2 atom stereocenters. The molecule has 2 unspecified atom stereocenters. The van der Waals surface area contributed by atoms with Crippen molar-refractivity contribution in [3.05, 3.63) is 0 Å². The Morgan fingerprint density at radius 3 is 0.797 bits per heavy atom. The maximum absolute atomic E-state index is 12.2. The third-order valence-electron chi connectivity index (χ3n) is 14.2. The SMILES string of the molecule is CCCCCCCCCCCCCCCCCCCCCCCCCCCC(=O)OCC(O)CC(CCCCCCCCCCCCCCCCCCCCCCCCCC)C(=O)O. The van der Waals surface area contributed by atoms with E-state index in [0.717, 1.165) is 38.5 Å². The summed E-state index contributed by atoms with van der Waals surface area (Å²) >= 11 is 0. The molecule has 5 heteroatoms. The van der Waals surface area contributed by atoms with Crippen LogP contribution in [0.4, 0.5) is 0 Å². The summed E-state index contributed by atoms with van der Waals surface area (Å²) in [5.74, 6) is -1.70. The molecule has 0 aliphatic heterocycles. The number of carboxylic acids is 1. The zero-order valence-electron chi connectivity index (χ0n) is 43.8. The molecule has 0 saturated carbocycles. The lowest BCUT2D eigenvalue weighted by Gasteiger charge is -2.17. The minimum absolute atomic E-state index is 0.0957. The first-order chi connectivity index (χ1) is 31.5. The van der Waals surface area contributed by atoms with Crippen LogP contribution >= 0.6 is 0 Å². The average Bonchev–Trinajstić information content (AvgIpc) is 3.29. The van der Waals surface area contributed by atoms with Gasteiger partial charge in [0.2, 0.25) is 0 Å². The van der Waals surface area contributed by atoms with Crippen LogP contribution in [0.1, 0.15) is 348 Å². The molecule has 0 aromatic heterocycles. The number of aliphatic hydroxyl groups excluding tert-OH is 1. The summed E-state index contributed by atoms with van der Waals surface area (Å²) in [6.07, 6.45) is 66.7. The molecule has 0 aromatic carbocycles. The maximum Gasteiger partial charge on any atom is 0.306 e. The van der Waals surface area contributed by atoms with E-state index in [0.29, 0.717) is 12.8 Å². The Hall–Kier alpha value is -1.10. The van der Waals surface area contributed by atoms with Crippen molar-refractivity contribution in [3.8, 4) is 0 Å². The van der Waals surface area contributed by atoms with Gasteiger partial charge in [0.1, 0.15) is 6.61 Å². The molecule has 0 fully saturated rings. The third-order valence-corrected chi connectivity index (χ3v) is 14.2. The Morgan fingerprint density at radius 1 is 0.344 bits per heavy atom. The van der Waals surface area contributed by atoms with Crippen molar-refractivity contribution in [1.82, 2.24) is 0 Å². The third kappa shape index (κ3) is 51.9. The fraction of sp³-hybridized carbons (Fsp3) is 0.966. The second kappa shape index (κ2) is 54.5. The summed E-state index contributed by atoms with van der Waals surface area (Å²) in [5, 5.41) is 20.1. The van der Waals surface area contributed by atoms with Gasteiger partial charge in [0.25, 0.3) is 0 Å². The first kappa shape index (κ1) is 62.9. The zero-order valence-corrected chi connectivity index (χ0v) is 43.8. The number of rotatable bonds is 56. The van der Waals surface area contributed by atoms with Gasteiger partial charge in [-0.1, -0.05) is 322 Å². The molecule has 0 aliphatic carbocycles. The van der Waals surface area contributed by atoms with Crippen LogP contribution in [-0.2, 0) is 14.3 Å². The Bertz CT molecular complexity index is 906. The van der Waals surface area contributed by atoms with Gasteiger partial charge in [-0.25, -0.2) is 0 Å². The van der Waals surface area contributed by atoms with Gasteiger partial charge in [-0.2, -0.15) is 0 Å². The summed E-state index contributed by atoms with van der Waals surface area (Å²) in [7, 11) is 0. The minimum atomic E-state index is -0.913. The normalized spacial score (nSPS) is 12.5. The molecule has 0 amide bonds. The van der Waals surface area contributed by atoms with Crippen LogP contribution in [0.3, 0.4) is 0 Å². The van der Waals surface area contributed by atoms with E-state index in [-0.39, 0.29) is 19.0 Å². The van der Waals surface area contributed by atoms with Crippen LogP contribution in [-0.4, -0.2) is 34.9 Å². The van der Waals surface area contributed by atoms with E-state index in [4.69, 9.17) is 4.74 Å². The highest BCUT2D eigenvalue weighted by molar-refractivity contribution is 5.70. The molecule has 0 rings (SSSR count). The lowest BCUT2D eigenvalue weighted by atomic mass is 9.94. The molecular weight excluding hydrogens is 789 g/mol. The number of esters is 1. The molecule has 64 heavy (non-hydrogen) atoms. The lowest BCUT2D eigenvalue weighted by molar-refractivity contribution is -0.148. The second-order valence-electron chi connectivity index (χ2n) is 20.8. The quantitative estimate of drug-likeness (QED) is 0.0469. The predicted molar refractivity (Wildman–Crippen MR) is 280 cm³/mol. The number of aliphatic hydroxyl groups is 1. The van der Waals surface area contributed by atoms with Gasteiger partial charge in [0.15, 0.2) is 0 Å². The highest BCUT2D eigenvalue weighted by atomic mass is 16.5. The van der Waals surface area contributed by atoms with E-state index in [1.807, 2.05) is 0 Å². The van der Waals surface area contributed by atoms with E-state index in [9.17, 15) is 19.8 Å². The summed E-state index contributed by atoms with van der Waals surface area (Å²) in [5.41, 5.74) is 0. The summed E-state index contributed by atoms with van der Waals surface area (Å²) < 4.78 is 5.31. The van der Waals surface area contributed by atoms with Crippen LogP contribution in [0.25, 0.3) is 0 Å². The first-order valence-corrected chi connectivity index (χ1v) is 29.6. The Morgan fingerprint density at radius 2 is 0.562 bits per heavy atom. The molecule has 0 radical (unpaired) electrons. The van der Waals surface area contributed by atoms with Gasteiger partial charge >= 0.3 is 11.9 Å². The molecule has 2 N–H and O–H groups in total. The number of hydrogen-bond acceptors (Lipinski definition) is 4. The van der Waals surface area contributed by atoms with Gasteiger partial charge in [-0.15, -0.1) is 0 Å². The standard InChI is InChI=1S/C59H116O5/c1-3-5-7-9-11-13-15-17-19-21-23-25-27-29-31-33-35-37-39-41-43-45-47-49-51-53-58(61)64-55-57(60)54-56(59(62)63)52-50-48-46-44-42-40-38-36-34-32-30-28-26-24-22-20-18-16-14-12-10-8-6-4-2/h56-57,60H,3-55H2,1-2H3,(H,62,63). The largest absolute Gasteiger partial charge is 0.481 e. The number of unbranched alkanes of at least 4 members (excludes halogenated alkanes) is 47. The molecule has 0 aliphatic rings. The van der Waals surface area contributed by atoms with Crippen molar-refractivity contribution in [2.24, 2.45) is 5.92 Å². The fourth-order valence-corrected chi connectivity index (χ4v) is 9.76. The van der Waals surface area contributed by atoms with E-state index in [2.05, 4.69) is 13.8 Å². The molecule has 0 spiro atoms. The van der Waals surface area contributed by atoms with E-state index in [1.54, 1.807) is 0 Å². The van der Waals surface area contributed by atoms with E-state index in [1.165, 1.54) is 276 Å². The molecule has 0 saturated heterocycles. The number of hydrogen-bond donors (Lipinski definition) is 2. The summed E-state index contributed by atoms with van der Waals surface area (Å²) in [6, 6.07) is 0. The Kier molecular flexibility index (Phi) is 53.6. The number of aliphatic carboxylic acids is 1. The van der Waals surface area contributed by atoms with Crippen LogP contribution in [0.5, 0.6) is 0 Å². The van der Waals surface area contributed by atoms with Gasteiger partial charge in [-0.3, -0.25) is 9.59 Å². The average molecular weight is 906 g/mol. The van der Waals surface area contributed by atoms with Crippen molar-refractivity contribution >= 4 is 11.9 Å². The summed E-state index contributed by atoms with van der Waals surface area (Å²) in [6.45, 7) is 4.49. The van der Waals surface area contributed by atoms with Crippen LogP contribution < -0.4 is 0 Å². The predicted octanol–water partition coefficient (Wildman–Crippen LogP) is 19.9. The van der Waals surface area contributed by atoms with E-state index < -0.39 is 18.0 Å². The molecular formula is C59H116O5. The number of ether oxygens (including phenoxy) is 1. The molecule has 0 heterocycles. The molecule has 5 nitrogen and oxygen atoms in total. The smallest absolute Gasteiger partial charge is 0.306 e. The van der Waals surface area contributed by atoms with Gasteiger partial charge in [-0.05, 0) is 19.3 Å². The zero-order chi connectivity index (χ0) is 46.5. The minimum Gasteiger partial charge on any atom is -0.481 e. The fourth-order valence-electron chi connectivity index (χ4n) is 9.76. The van der Waals surface area contributed by atoms with Crippen LogP contribution in [0.2, 0.25) is 0 Å². The van der Waals surface area contributed by atoms with Crippen molar-refractivity contribution in [2.75, 3.05) is 6.61 Å². The number of carbonyl (C=O) groups excluding carboxylic acids is 1. The number of carboxylic acid groups (broad SMARTS) is 1. The Labute approximate surface area is 401 Å². The maximum atomic E-state index is 12.2. The molecule has 382 valence electrons. The lowest BCUT2D eigenvalue weighted by Crippen LogP contribution is -2.25. The highest BCUT2D eigenvalue weighted by Gasteiger charge is 2.22. The van der Waals surface area contributed by atoms with Crippen molar-refractivity contribution < 1.29 is 24.5 Å². The van der Waals surface area contributed by atoms with Gasteiger partial charge < -0.3 is 14.9 Å². The number of carbonyl (C=O) groups is 2. The van der Waals surface area contributed by atoms with Crippen LogP contribution in [0, 0.1) is 5.92 Å². The molecule has 0 aromatic rings. The van der Waals surface area contributed by atoms with Crippen molar-refractivity contribution in [1.29, 1.82) is 0 Å². The molecule has 0 bridgehead atoms. The Balaban J connectivity index is 3.47. The van der Waals surface area contributed by atoms with Crippen molar-refractivity contribution in [2.45, 2.75) is 354 Å². The summed E-state index contributed by atoms with van der Waals surface area (Å²) in [4.78, 5) is 24.1. The van der Waals surface area contributed by atoms with Crippen molar-refractivity contribution in [3.63, 3.8) is 0 Å². The van der Waals surface area contributed by atoms with Gasteiger partial charge in [0, 0.05) is 6.42 Å². The first-order valence-electron chi connectivity index (χ1n) is 29.6. The van der Waals surface area contributed by atoms with E-state index >= 15 is 0 Å². The second-order valence-corrected chi connectivity index (χ2v) is 20.8. The van der Waals surface area contributed by atoms with Crippen LogP contribution in [0.15, 0.2) is 0 Å².